The van der Waals surface area contributed by atoms with Crippen molar-refractivity contribution in [2.24, 2.45) is 0 Å². The van der Waals surface area contributed by atoms with Gasteiger partial charge in [-0.15, -0.1) is 0 Å². The maximum atomic E-state index is 5.02. The summed E-state index contributed by atoms with van der Waals surface area (Å²) < 4.78 is 0.447. The van der Waals surface area contributed by atoms with E-state index in [1.54, 1.807) is 6.20 Å². The molecule has 0 saturated heterocycles. The third-order valence-electron chi connectivity index (χ3n) is 4.03. The summed E-state index contributed by atoms with van der Waals surface area (Å²) in [4.78, 5) is 4.28. The van der Waals surface area contributed by atoms with E-state index in [2.05, 4.69) is 20.5 Å². The molecule has 5 heteroatoms. The van der Waals surface area contributed by atoms with Crippen LogP contribution in [0.2, 0.25) is 0 Å². The quantitative estimate of drug-likeness (QED) is 0.781. The molecule has 1 heterocycles. The smallest absolute Gasteiger partial charge is 0.215 e. The van der Waals surface area contributed by atoms with E-state index < -0.39 is 0 Å². The van der Waals surface area contributed by atoms with Crippen molar-refractivity contribution in [1.29, 1.82) is 0 Å². The number of aromatic nitrogens is 3. The van der Waals surface area contributed by atoms with E-state index in [0.29, 0.717) is 10.8 Å². The Bertz CT molecular complexity index is 420. The second kappa shape index (κ2) is 9.06. The number of rotatable bonds is 2. The fraction of sp³-hybridized carbons (Fsp3) is 0.800. The molecule has 0 spiro atoms. The Morgan fingerprint density at radius 3 is 2.05 bits per heavy atom. The topological polar surface area (TPSA) is 53.6 Å². The molecule has 0 radical (unpaired) electrons. The highest BCUT2D eigenvalue weighted by atomic mass is 32.1. The minimum absolute atomic E-state index is 0.447. The zero-order chi connectivity index (χ0) is 14.0. The number of nitrogens with one attached hydrogen (secondary N) is 2. The molecular weight excluding hydrogens is 268 g/mol. The largest absolute Gasteiger partial charge is 0.366 e. The number of hydrogen-bond acceptors (Lipinski definition) is 4. The van der Waals surface area contributed by atoms with Gasteiger partial charge in [0, 0.05) is 6.04 Å². The number of hydrogen-bond donors (Lipinski definition) is 2. The molecule has 1 aromatic rings. The predicted molar refractivity (Wildman–Crippen MR) is 85.4 cm³/mol. The summed E-state index contributed by atoms with van der Waals surface area (Å²) >= 11 is 5.02. The van der Waals surface area contributed by atoms with Gasteiger partial charge in [0.15, 0.2) is 0 Å². The Kier molecular flexibility index (Phi) is 6.98. The Hall–Kier alpha value is -0.970. The van der Waals surface area contributed by atoms with E-state index in [4.69, 9.17) is 12.2 Å². The first-order chi connectivity index (χ1) is 9.84. The minimum atomic E-state index is 0.447. The molecule has 1 aliphatic carbocycles. The summed E-state index contributed by atoms with van der Waals surface area (Å²) in [6, 6.07) is 0.514. The van der Waals surface area contributed by atoms with Crippen LogP contribution in [0.25, 0.3) is 0 Å². The van der Waals surface area contributed by atoms with Gasteiger partial charge in [0.25, 0.3) is 0 Å². The Morgan fingerprint density at radius 2 is 1.50 bits per heavy atom. The molecule has 2 N–H and O–H groups in total. The van der Waals surface area contributed by atoms with E-state index in [9.17, 15) is 0 Å². The molecular formula is C15H26N4S. The van der Waals surface area contributed by atoms with Crippen molar-refractivity contribution in [2.75, 3.05) is 5.32 Å². The average Bonchev–Trinajstić information content (AvgIpc) is 2.42. The van der Waals surface area contributed by atoms with Gasteiger partial charge in [-0.3, -0.25) is 5.10 Å². The average molecular weight is 294 g/mol. The van der Waals surface area contributed by atoms with Crippen molar-refractivity contribution < 1.29 is 0 Å². The van der Waals surface area contributed by atoms with Crippen molar-refractivity contribution in [1.82, 2.24) is 15.2 Å². The SMILES string of the molecule is S=c1nc(NC2CCCCCCCCCCC2)cn[nH]1. The van der Waals surface area contributed by atoms with E-state index in [0.717, 1.165) is 5.82 Å². The molecule has 1 fully saturated rings. The van der Waals surface area contributed by atoms with Crippen molar-refractivity contribution >= 4 is 18.0 Å². The Labute approximate surface area is 126 Å². The molecule has 0 aromatic carbocycles. The Balaban J connectivity index is 1.86. The number of anilines is 1. The summed E-state index contributed by atoms with van der Waals surface area (Å²) in [5, 5.41) is 10.2. The highest BCUT2D eigenvalue weighted by molar-refractivity contribution is 7.71. The molecule has 0 atom stereocenters. The molecule has 1 aliphatic rings. The van der Waals surface area contributed by atoms with Crippen molar-refractivity contribution in [2.45, 2.75) is 76.7 Å². The molecule has 0 unspecified atom stereocenters. The van der Waals surface area contributed by atoms with Crippen LogP contribution < -0.4 is 5.32 Å². The fourth-order valence-electron chi connectivity index (χ4n) is 2.90. The van der Waals surface area contributed by atoms with Gasteiger partial charge in [-0.25, -0.2) is 4.98 Å². The standard InChI is InChI=1S/C15H26N4S/c20-15-18-14(12-16-19-15)17-13-10-8-6-4-2-1-3-5-7-9-11-13/h12-13H,1-11H2,(H2,17,18,19,20). The normalized spacial score (nSPS) is 19.8. The zero-order valence-electron chi connectivity index (χ0n) is 12.2. The van der Waals surface area contributed by atoms with Gasteiger partial charge in [0.1, 0.15) is 5.82 Å². The first-order valence-electron chi connectivity index (χ1n) is 8.03. The fourth-order valence-corrected chi connectivity index (χ4v) is 3.05. The van der Waals surface area contributed by atoms with Crippen LogP contribution in [0, 0.1) is 4.77 Å². The lowest BCUT2D eigenvalue weighted by Gasteiger charge is -2.19. The second-order valence-corrected chi connectivity index (χ2v) is 6.16. The molecule has 0 aliphatic heterocycles. The van der Waals surface area contributed by atoms with Crippen LogP contribution in [0.4, 0.5) is 5.82 Å². The van der Waals surface area contributed by atoms with Crippen molar-refractivity contribution in [3.63, 3.8) is 0 Å². The van der Waals surface area contributed by atoms with Crippen LogP contribution in [-0.2, 0) is 0 Å². The van der Waals surface area contributed by atoms with Crippen molar-refractivity contribution in [3.05, 3.63) is 11.0 Å². The summed E-state index contributed by atoms with van der Waals surface area (Å²) in [5.41, 5.74) is 0. The highest BCUT2D eigenvalue weighted by Gasteiger charge is 2.10. The third kappa shape index (κ3) is 5.99. The van der Waals surface area contributed by atoms with Gasteiger partial charge in [-0.2, -0.15) is 5.10 Å². The lowest BCUT2D eigenvalue weighted by molar-refractivity contribution is 0.479. The van der Waals surface area contributed by atoms with Crippen LogP contribution in [0.1, 0.15) is 70.6 Å². The van der Waals surface area contributed by atoms with Gasteiger partial charge < -0.3 is 5.32 Å². The van der Waals surface area contributed by atoms with E-state index in [-0.39, 0.29) is 0 Å². The summed E-state index contributed by atoms with van der Waals surface area (Å²) in [6.07, 6.45) is 16.6. The molecule has 2 rings (SSSR count). The molecule has 1 saturated carbocycles. The lowest BCUT2D eigenvalue weighted by atomic mass is 9.98. The van der Waals surface area contributed by atoms with Gasteiger partial charge in [-0.1, -0.05) is 57.8 Å². The summed E-state index contributed by atoms with van der Waals surface area (Å²) in [6.45, 7) is 0. The van der Waals surface area contributed by atoms with Crippen LogP contribution >= 0.6 is 12.2 Å². The summed E-state index contributed by atoms with van der Waals surface area (Å²) in [7, 11) is 0. The maximum absolute atomic E-state index is 5.02. The number of H-pyrrole nitrogens is 1. The van der Waals surface area contributed by atoms with Gasteiger partial charge in [-0.05, 0) is 25.1 Å². The Morgan fingerprint density at radius 1 is 0.950 bits per heavy atom. The van der Waals surface area contributed by atoms with Crippen LogP contribution in [-0.4, -0.2) is 21.2 Å². The van der Waals surface area contributed by atoms with Crippen LogP contribution in [0.3, 0.4) is 0 Å². The monoisotopic (exact) mass is 294 g/mol. The van der Waals surface area contributed by atoms with E-state index in [1.807, 2.05) is 0 Å². The first kappa shape index (κ1) is 15.4. The first-order valence-corrected chi connectivity index (χ1v) is 8.44. The third-order valence-corrected chi connectivity index (χ3v) is 4.21. The lowest BCUT2D eigenvalue weighted by Crippen LogP contribution is -2.20. The molecule has 4 nitrogen and oxygen atoms in total. The minimum Gasteiger partial charge on any atom is -0.366 e. The van der Waals surface area contributed by atoms with Crippen LogP contribution in [0.15, 0.2) is 6.20 Å². The molecule has 0 bridgehead atoms. The number of nitrogens with zero attached hydrogens (tertiary/aromatic N) is 2. The van der Waals surface area contributed by atoms with Crippen LogP contribution in [0.5, 0.6) is 0 Å². The highest BCUT2D eigenvalue weighted by Crippen LogP contribution is 2.18. The molecule has 1 aromatic heterocycles. The van der Waals surface area contributed by atoms with Crippen molar-refractivity contribution in [3.8, 4) is 0 Å². The maximum Gasteiger partial charge on any atom is 0.215 e. The predicted octanol–water partition coefficient (Wildman–Crippen LogP) is 4.62. The molecule has 0 amide bonds. The number of aromatic amines is 1. The van der Waals surface area contributed by atoms with E-state index in [1.165, 1.54) is 70.6 Å². The second-order valence-electron chi connectivity index (χ2n) is 5.77. The van der Waals surface area contributed by atoms with E-state index >= 15 is 0 Å². The molecule has 112 valence electrons. The zero-order valence-corrected chi connectivity index (χ0v) is 13.1. The van der Waals surface area contributed by atoms with Gasteiger partial charge in [0.2, 0.25) is 4.77 Å². The molecule has 20 heavy (non-hydrogen) atoms. The van der Waals surface area contributed by atoms with Gasteiger partial charge >= 0.3 is 0 Å². The summed E-state index contributed by atoms with van der Waals surface area (Å²) in [5.74, 6) is 0.811. The van der Waals surface area contributed by atoms with Gasteiger partial charge in [0.05, 0.1) is 6.20 Å².